The van der Waals surface area contributed by atoms with Crippen LogP contribution in [0.4, 0.5) is 5.69 Å². The van der Waals surface area contributed by atoms with Crippen LogP contribution in [0.2, 0.25) is 0 Å². The standard InChI is InChI=1S/C24H30N2O4S/c1-16-5-3-4-6-23(16)30-15-24(27)25-20-9-11-21(12-10-20)31(28,29)26-17(2)22-14-18-7-8-19(22)13-18/h3-6,9-12,17-19,22,26H,7-8,13-15H2,1-2H3,(H,25,27)/t17-,18+,19+,22+/m1/s1. The van der Waals surface area contributed by atoms with Gasteiger partial charge in [-0.05, 0) is 86.8 Å². The van der Waals surface area contributed by atoms with Gasteiger partial charge in [0, 0.05) is 11.7 Å². The molecule has 0 aliphatic heterocycles. The third-order valence-electron chi connectivity index (χ3n) is 6.68. The van der Waals surface area contributed by atoms with Crippen molar-refractivity contribution in [1.82, 2.24) is 4.72 Å². The van der Waals surface area contributed by atoms with E-state index in [1.807, 2.05) is 38.1 Å². The Kier molecular flexibility index (Phi) is 6.34. The molecule has 0 saturated heterocycles. The number of ether oxygens (including phenoxy) is 1. The highest BCUT2D eigenvalue weighted by atomic mass is 32.2. The molecule has 4 rings (SSSR count). The maximum Gasteiger partial charge on any atom is 0.262 e. The molecule has 4 atom stereocenters. The number of benzene rings is 2. The van der Waals surface area contributed by atoms with Crippen LogP contribution in [0.25, 0.3) is 0 Å². The Morgan fingerprint density at radius 1 is 1.10 bits per heavy atom. The van der Waals surface area contributed by atoms with Gasteiger partial charge in [0.1, 0.15) is 5.75 Å². The molecule has 1 amide bonds. The smallest absolute Gasteiger partial charge is 0.262 e. The van der Waals surface area contributed by atoms with Gasteiger partial charge in [-0.1, -0.05) is 24.6 Å². The van der Waals surface area contributed by atoms with Gasteiger partial charge in [-0.15, -0.1) is 0 Å². The number of sulfonamides is 1. The van der Waals surface area contributed by atoms with Crippen molar-refractivity contribution in [2.24, 2.45) is 17.8 Å². The molecular formula is C24H30N2O4S. The third kappa shape index (κ3) is 5.10. The average Bonchev–Trinajstić information content (AvgIpc) is 3.37. The fraction of sp³-hybridized carbons (Fsp3) is 0.458. The second-order valence-electron chi connectivity index (χ2n) is 8.88. The van der Waals surface area contributed by atoms with Gasteiger partial charge < -0.3 is 10.1 Å². The van der Waals surface area contributed by atoms with E-state index < -0.39 is 10.0 Å². The molecule has 2 aromatic rings. The first-order valence-corrected chi connectivity index (χ1v) is 12.4. The molecule has 0 heterocycles. The van der Waals surface area contributed by atoms with Crippen molar-refractivity contribution < 1.29 is 17.9 Å². The fourth-order valence-electron chi connectivity index (χ4n) is 5.08. The normalized spacial score (nSPS) is 23.5. The van der Waals surface area contributed by atoms with E-state index >= 15 is 0 Å². The Balaban J connectivity index is 1.31. The van der Waals surface area contributed by atoms with Crippen molar-refractivity contribution >= 4 is 21.6 Å². The molecule has 0 unspecified atom stereocenters. The van der Waals surface area contributed by atoms with Gasteiger partial charge >= 0.3 is 0 Å². The number of hydrogen-bond acceptors (Lipinski definition) is 4. The molecule has 7 heteroatoms. The molecule has 6 nitrogen and oxygen atoms in total. The number of amides is 1. The monoisotopic (exact) mass is 442 g/mol. The summed E-state index contributed by atoms with van der Waals surface area (Å²) in [5.74, 6) is 2.22. The van der Waals surface area contributed by atoms with Gasteiger partial charge in [0.15, 0.2) is 6.61 Å². The second-order valence-corrected chi connectivity index (χ2v) is 10.6. The summed E-state index contributed by atoms with van der Waals surface area (Å²) < 4.78 is 34.0. The second kappa shape index (κ2) is 9.01. The molecule has 2 fully saturated rings. The van der Waals surface area contributed by atoms with Crippen LogP contribution in [0.3, 0.4) is 0 Å². The summed E-state index contributed by atoms with van der Waals surface area (Å²) in [6.07, 6.45) is 4.90. The molecule has 2 aliphatic carbocycles. The number of rotatable bonds is 8. The van der Waals surface area contributed by atoms with E-state index in [2.05, 4.69) is 10.0 Å². The molecular weight excluding hydrogens is 412 g/mol. The quantitative estimate of drug-likeness (QED) is 0.644. The minimum atomic E-state index is -3.60. The summed E-state index contributed by atoms with van der Waals surface area (Å²) in [4.78, 5) is 12.4. The Bertz CT molecular complexity index is 1040. The summed E-state index contributed by atoms with van der Waals surface area (Å²) in [6, 6.07) is 13.7. The summed E-state index contributed by atoms with van der Waals surface area (Å²) in [7, 11) is -3.60. The van der Waals surface area contributed by atoms with Gasteiger partial charge in [-0.2, -0.15) is 0 Å². The minimum Gasteiger partial charge on any atom is -0.483 e. The van der Waals surface area contributed by atoms with E-state index in [0.717, 1.165) is 17.9 Å². The molecule has 0 spiro atoms. The summed E-state index contributed by atoms with van der Waals surface area (Å²) in [5, 5.41) is 2.73. The molecule has 0 aromatic heterocycles. The van der Waals surface area contributed by atoms with E-state index in [9.17, 15) is 13.2 Å². The Morgan fingerprint density at radius 2 is 1.84 bits per heavy atom. The van der Waals surface area contributed by atoms with Crippen LogP contribution in [-0.2, 0) is 14.8 Å². The topological polar surface area (TPSA) is 84.5 Å². The van der Waals surface area contributed by atoms with Crippen molar-refractivity contribution in [3.05, 3.63) is 54.1 Å². The molecule has 2 aliphatic rings. The average molecular weight is 443 g/mol. The molecule has 2 saturated carbocycles. The lowest BCUT2D eigenvalue weighted by molar-refractivity contribution is -0.118. The number of aryl methyl sites for hydroxylation is 1. The van der Waals surface area contributed by atoms with E-state index in [4.69, 9.17) is 4.74 Å². The van der Waals surface area contributed by atoms with Crippen molar-refractivity contribution in [3.63, 3.8) is 0 Å². The lowest BCUT2D eigenvalue weighted by Crippen LogP contribution is -2.40. The van der Waals surface area contributed by atoms with Crippen LogP contribution in [-0.4, -0.2) is 27.0 Å². The highest BCUT2D eigenvalue weighted by molar-refractivity contribution is 7.89. The number of carbonyl (C=O) groups is 1. The van der Waals surface area contributed by atoms with Crippen molar-refractivity contribution in [1.29, 1.82) is 0 Å². The maximum absolute atomic E-state index is 12.8. The lowest BCUT2D eigenvalue weighted by Gasteiger charge is -2.28. The molecule has 2 bridgehead atoms. The summed E-state index contributed by atoms with van der Waals surface area (Å²) in [6.45, 7) is 3.78. The first kappa shape index (κ1) is 21.8. The van der Waals surface area contributed by atoms with Gasteiger partial charge in [0.2, 0.25) is 10.0 Å². The Morgan fingerprint density at radius 3 is 2.48 bits per heavy atom. The SMILES string of the molecule is Cc1ccccc1OCC(=O)Nc1ccc(S(=O)(=O)N[C@H](C)[C@@H]2C[C@H]3CC[C@H]2C3)cc1. The van der Waals surface area contributed by atoms with E-state index in [1.165, 1.54) is 31.4 Å². The molecule has 2 N–H and O–H groups in total. The Hall–Kier alpha value is -2.38. The van der Waals surface area contributed by atoms with E-state index in [1.54, 1.807) is 12.1 Å². The highest BCUT2D eigenvalue weighted by Crippen LogP contribution is 2.49. The van der Waals surface area contributed by atoms with Crippen LogP contribution in [0, 0.1) is 24.7 Å². The fourth-order valence-corrected chi connectivity index (χ4v) is 6.38. The zero-order valence-electron chi connectivity index (χ0n) is 18.0. The summed E-state index contributed by atoms with van der Waals surface area (Å²) >= 11 is 0. The number of fused-ring (bicyclic) bond motifs is 2. The zero-order chi connectivity index (χ0) is 22.0. The van der Waals surface area contributed by atoms with Crippen molar-refractivity contribution in [2.75, 3.05) is 11.9 Å². The van der Waals surface area contributed by atoms with Gasteiger partial charge in [0.05, 0.1) is 4.90 Å². The van der Waals surface area contributed by atoms with Crippen LogP contribution in [0.1, 0.15) is 38.2 Å². The lowest BCUT2D eigenvalue weighted by atomic mass is 9.84. The number of carbonyl (C=O) groups excluding carboxylic acids is 1. The van der Waals surface area contributed by atoms with E-state index in [-0.39, 0.29) is 23.5 Å². The summed E-state index contributed by atoms with van der Waals surface area (Å²) in [5.41, 5.74) is 1.48. The molecule has 166 valence electrons. The van der Waals surface area contributed by atoms with Crippen LogP contribution in [0.15, 0.2) is 53.4 Å². The van der Waals surface area contributed by atoms with Gasteiger partial charge in [-0.3, -0.25) is 4.79 Å². The number of hydrogen-bond donors (Lipinski definition) is 2. The zero-order valence-corrected chi connectivity index (χ0v) is 18.8. The van der Waals surface area contributed by atoms with Gasteiger partial charge in [0.25, 0.3) is 5.91 Å². The van der Waals surface area contributed by atoms with Crippen LogP contribution in [0.5, 0.6) is 5.75 Å². The first-order valence-electron chi connectivity index (χ1n) is 10.9. The molecule has 0 radical (unpaired) electrons. The highest BCUT2D eigenvalue weighted by Gasteiger charge is 2.42. The number of anilines is 1. The first-order chi connectivity index (χ1) is 14.8. The largest absolute Gasteiger partial charge is 0.483 e. The predicted molar refractivity (Wildman–Crippen MR) is 120 cm³/mol. The number of nitrogens with one attached hydrogen (secondary N) is 2. The maximum atomic E-state index is 12.8. The van der Waals surface area contributed by atoms with Gasteiger partial charge in [-0.25, -0.2) is 13.1 Å². The predicted octanol–water partition coefficient (Wildman–Crippen LogP) is 4.12. The minimum absolute atomic E-state index is 0.0710. The third-order valence-corrected chi connectivity index (χ3v) is 8.25. The molecule has 31 heavy (non-hydrogen) atoms. The molecule has 2 aromatic carbocycles. The van der Waals surface area contributed by atoms with Crippen molar-refractivity contribution in [3.8, 4) is 5.75 Å². The number of para-hydroxylation sites is 1. The Labute approximate surface area is 184 Å². The van der Waals surface area contributed by atoms with Crippen LogP contribution >= 0.6 is 0 Å². The van der Waals surface area contributed by atoms with E-state index in [0.29, 0.717) is 23.3 Å². The van der Waals surface area contributed by atoms with Crippen LogP contribution < -0.4 is 14.8 Å². The van der Waals surface area contributed by atoms with Crippen molar-refractivity contribution in [2.45, 2.75) is 50.5 Å².